The first kappa shape index (κ1) is 15.0. The Labute approximate surface area is 131 Å². The highest BCUT2D eigenvalue weighted by molar-refractivity contribution is 5.98. The van der Waals surface area contributed by atoms with Gasteiger partial charge in [-0.2, -0.15) is 0 Å². The molecule has 1 saturated heterocycles. The zero-order chi connectivity index (χ0) is 15.5. The normalized spacial score (nSPS) is 18.8. The van der Waals surface area contributed by atoms with Crippen LogP contribution in [0.5, 0.6) is 0 Å². The van der Waals surface area contributed by atoms with Gasteiger partial charge in [-0.3, -0.25) is 9.59 Å². The lowest BCUT2D eigenvalue weighted by molar-refractivity contribution is -0.116. The van der Waals surface area contributed by atoms with Crippen molar-refractivity contribution in [2.45, 2.75) is 25.7 Å². The van der Waals surface area contributed by atoms with E-state index in [-0.39, 0.29) is 11.8 Å². The van der Waals surface area contributed by atoms with E-state index >= 15 is 0 Å². The van der Waals surface area contributed by atoms with Gasteiger partial charge in [-0.15, -0.1) is 0 Å². The molecule has 22 heavy (non-hydrogen) atoms. The Morgan fingerprint density at radius 3 is 2.82 bits per heavy atom. The number of anilines is 1. The molecule has 3 rings (SSSR count). The quantitative estimate of drug-likeness (QED) is 0.892. The first-order valence-corrected chi connectivity index (χ1v) is 8.04. The van der Waals surface area contributed by atoms with Crippen molar-refractivity contribution in [3.63, 3.8) is 0 Å². The first-order chi connectivity index (χ1) is 10.7. The predicted molar refractivity (Wildman–Crippen MR) is 85.9 cm³/mol. The molecular weight excluding hydrogens is 278 g/mol. The van der Waals surface area contributed by atoms with Gasteiger partial charge in [0, 0.05) is 30.8 Å². The number of rotatable bonds is 3. The highest BCUT2D eigenvalue weighted by atomic mass is 16.2. The molecule has 5 heteroatoms. The van der Waals surface area contributed by atoms with Crippen molar-refractivity contribution in [3.05, 3.63) is 29.3 Å². The molecule has 2 N–H and O–H groups in total. The molecule has 0 aliphatic carbocycles. The Hall–Kier alpha value is -1.88. The Kier molecular flexibility index (Phi) is 4.43. The largest absolute Gasteiger partial charge is 0.339 e. The summed E-state index contributed by atoms with van der Waals surface area (Å²) in [5.41, 5.74) is 2.65. The number of hydrogen-bond donors (Lipinski definition) is 2. The van der Waals surface area contributed by atoms with Crippen LogP contribution in [0.2, 0.25) is 0 Å². The summed E-state index contributed by atoms with van der Waals surface area (Å²) in [6.45, 7) is 2.69. The Balaban J connectivity index is 1.67. The average Bonchev–Trinajstić information content (AvgIpc) is 2.55. The molecule has 0 bridgehead atoms. The van der Waals surface area contributed by atoms with E-state index in [1.54, 1.807) is 0 Å². The Morgan fingerprint density at radius 2 is 2.09 bits per heavy atom. The molecule has 0 unspecified atom stereocenters. The SMILES string of the molecule is CNCC1CCN(C(=O)c2ccc3c(c2)CCC(=O)N3)CC1. The van der Waals surface area contributed by atoms with Gasteiger partial charge in [0.05, 0.1) is 0 Å². The fourth-order valence-electron chi connectivity index (χ4n) is 3.33. The van der Waals surface area contributed by atoms with Gasteiger partial charge in [0.15, 0.2) is 0 Å². The molecular formula is C17H23N3O2. The van der Waals surface area contributed by atoms with Crippen LogP contribution in [0.15, 0.2) is 18.2 Å². The second kappa shape index (κ2) is 6.48. The number of carbonyl (C=O) groups excluding carboxylic acids is 2. The number of fused-ring (bicyclic) bond motifs is 1. The molecule has 2 heterocycles. The predicted octanol–water partition coefficient (Wildman–Crippen LogP) is 1.64. The number of hydrogen-bond acceptors (Lipinski definition) is 3. The third-order valence-corrected chi connectivity index (χ3v) is 4.64. The lowest BCUT2D eigenvalue weighted by Crippen LogP contribution is -2.40. The second-order valence-corrected chi connectivity index (χ2v) is 6.21. The Morgan fingerprint density at radius 1 is 1.32 bits per heavy atom. The summed E-state index contributed by atoms with van der Waals surface area (Å²) in [5, 5.41) is 6.07. The van der Waals surface area contributed by atoms with E-state index in [1.807, 2.05) is 30.1 Å². The van der Waals surface area contributed by atoms with Gasteiger partial charge in [-0.05, 0) is 62.5 Å². The number of nitrogens with one attached hydrogen (secondary N) is 2. The molecule has 1 aromatic rings. The van der Waals surface area contributed by atoms with Crippen LogP contribution in [0.3, 0.4) is 0 Å². The summed E-state index contributed by atoms with van der Waals surface area (Å²) in [6.07, 6.45) is 3.34. The van der Waals surface area contributed by atoms with Gasteiger partial charge in [0.2, 0.25) is 5.91 Å². The second-order valence-electron chi connectivity index (χ2n) is 6.21. The van der Waals surface area contributed by atoms with Crippen LogP contribution in [0.1, 0.15) is 35.2 Å². The van der Waals surface area contributed by atoms with Crippen molar-refractivity contribution < 1.29 is 9.59 Å². The molecule has 5 nitrogen and oxygen atoms in total. The summed E-state index contributed by atoms with van der Waals surface area (Å²) >= 11 is 0. The number of nitrogens with zero attached hydrogens (tertiary/aromatic N) is 1. The molecule has 0 spiro atoms. The molecule has 2 amide bonds. The summed E-state index contributed by atoms with van der Waals surface area (Å²) in [7, 11) is 1.98. The van der Waals surface area contributed by atoms with E-state index in [0.717, 1.165) is 49.3 Å². The van der Waals surface area contributed by atoms with Crippen molar-refractivity contribution in [1.82, 2.24) is 10.2 Å². The third-order valence-electron chi connectivity index (χ3n) is 4.64. The highest BCUT2D eigenvalue weighted by Crippen LogP contribution is 2.25. The third kappa shape index (κ3) is 3.14. The lowest BCUT2D eigenvalue weighted by Gasteiger charge is -2.32. The van der Waals surface area contributed by atoms with Gasteiger partial charge in [-0.1, -0.05) is 0 Å². The van der Waals surface area contributed by atoms with E-state index in [4.69, 9.17) is 0 Å². The maximum absolute atomic E-state index is 12.6. The molecule has 0 atom stereocenters. The molecule has 2 aliphatic heterocycles. The monoisotopic (exact) mass is 301 g/mol. The van der Waals surface area contributed by atoms with Crippen molar-refractivity contribution >= 4 is 17.5 Å². The van der Waals surface area contributed by atoms with E-state index in [9.17, 15) is 9.59 Å². The molecule has 1 fully saturated rings. The van der Waals surface area contributed by atoms with Gasteiger partial charge < -0.3 is 15.5 Å². The first-order valence-electron chi connectivity index (χ1n) is 8.04. The summed E-state index contributed by atoms with van der Waals surface area (Å²) in [6, 6.07) is 5.62. The van der Waals surface area contributed by atoms with Crippen LogP contribution < -0.4 is 10.6 Å². The van der Waals surface area contributed by atoms with Crippen molar-refractivity contribution in [1.29, 1.82) is 0 Å². The maximum atomic E-state index is 12.6. The summed E-state index contributed by atoms with van der Waals surface area (Å²) in [5.74, 6) is 0.841. The molecule has 0 saturated carbocycles. The van der Waals surface area contributed by atoms with Gasteiger partial charge in [0.25, 0.3) is 5.91 Å². The van der Waals surface area contributed by atoms with Crippen molar-refractivity contribution in [2.24, 2.45) is 5.92 Å². The minimum atomic E-state index is 0.0539. The van der Waals surface area contributed by atoms with Crippen LogP contribution in [0.25, 0.3) is 0 Å². The fourth-order valence-corrected chi connectivity index (χ4v) is 3.33. The Bertz CT molecular complexity index is 577. The lowest BCUT2D eigenvalue weighted by atomic mass is 9.95. The zero-order valence-corrected chi connectivity index (χ0v) is 13.0. The van der Waals surface area contributed by atoms with Gasteiger partial charge >= 0.3 is 0 Å². The van der Waals surface area contributed by atoms with E-state index < -0.39 is 0 Å². The summed E-state index contributed by atoms with van der Waals surface area (Å²) in [4.78, 5) is 26.0. The topological polar surface area (TPSA) is 61.4 Å². The van der Waals surface area contributed by atoms with Gasteiger partial charge in [0.1, 0.15) is 0 Å². The average molecular weight is 301 g/mol. The molecule has 118 valence electrons. The molecule has 0 aromatic heterocycles. The molecule has 2 aliphatic rings. The smallest absolute Gasteiger partial charge is 0.253 e. The van der Waals surface area contributed by atoms with Crippen LogP contribution in [0, 0.1) is 5.92 Å². The number of carbonyl (C=O) groups is 2. The number of amides is 2. The van der Waals surface area contributed by atoms with Crippen molar-refractivity contribution in [2.75, 3.05) is 32.0 Å². The highest BCUT2D eigenvalue weighted by Gasteiger charge is 2.24. The molecule has 1 aromatic carbocycles. The van der Waals surface area contributed by atoms with Gasteiger partial charge in [-0.25, -0.2) is 0 Å². The molecule has 0 radical (unpaired) electrons. The fraction of sp³-hybridized carbons (Fsp3) is 0.529. The maximum Gasteiger partial charge on any atom is 0.253 e. The number of benzene rings is 1. The standard InChI is InChI=1S/C17H23N3O2/c1-18-11-12-6-8-20(9-7-12)17(22)14-2-4-15-13(10-14)3-5-16(21)19-15/h2,4,10,12,18H,3,5-9,11H2,1H3,(H,19,21). The van der Waals surface area contributed by atoms with Crippen LogP contribution in [-0.2, 0) is 11.2 Å². The number of aryl methyl sites for hydroxylation is 1. The minimum Gasteiger partial charge on any atom is -0.339 e. The minimum absolute atomic E-state index is 0.0539. The van der Waals surface area contributed by atoms with E-state index in [1.165, 1.54) is 0 Å². The number of piperidine rings is 1. The number of likely N-dealkylation sites (tertiary alicyclic amines) is 1. The van der Waals surface area contributed by atoms with E-state index in [0.29, 0.717) is 18.8 Å². The summed E-state index contributed by atoms with van der Waals surface area (Å²) < 4.78 is 0. The zero-order valence-electron chi connectivity index (χ0n) is 13.0. The van der Waals surface area contributed by atoms with Crippen LogP contribution in [0.4, 0.5) is 5.69 Å². The van der Waals surface area contributed by atoms with Crippen LogP contribution in [-0.4, -0.2) is 43.4 Å². The van der Waals surface area contributed by atoms with Crippen molar-refractivity contribution in [3.8, 4) is 0 Å². The van der Waals surface area contributed by atoms with Crippen LogP contribution >= 0.6 is 0 Å². The van der Waals surface area contributed by atoms with E-state index in [2.05, 4.69) is 10.6 Å².